The predicted octanol–water partition coefficient (Wildman–Crippen LogP) is 4.99. The van der Waals surface area contributed by atoms with Gasteiger partial charge in [0.25, 0.3) is 5.91 Å². The molecule has 1 saturated heterocycles. The fourth-order valence-corrected chi connectivity index (χ4v) is 3.47. The Labute approximate surface area is 173 Å². The third-order valence-corrected chi connectivity index (χ3v) is 5.23. The molecule has 1 heterocycles. The van der Waals surface area contributed by atoms with Gasteiger partial charge in [0.05, 0.1) is 7.11 Å². The second-order valence-corrected chi connectivity index (χ2v) is 7.52. The second kappa shape index (κ2) is 9.43. The number of carbonyl (C=O) groups excluding carboxylic acids is 1. The molecule has 144 valence electrons. The summed E-state index contributed by atoms with van der Waals surface area (Å²) in [5.41, 5.74) is 2.45. The van der Waals surface area contributed by atoms with Crippen LogP contribution in [-0.4, -0.2) is 26.1 Å². The van der Waals surface area contributed by atoms with E-state index in [0.29, 0.717) is 17.0 Å². The molecule has 1 fully saturated rings. The molecule has 1 aliphatic rings. The number of rotatable bonds is 5. The number of anilines is 2. The lowest BCUT2D eigenvalue weighted by Gasteiger charge is -2.29. The maximum atomic E-state index is 12.5. The highest BCUT2D eigenvalue weighted by Crippen LogP contribution is 2.29. The van der Waals surface area contributed by atoms with Crippen molar-refractivity contribution in [1.82, 2.24) is 0 Å². The molecule has 0 saturated carbocycles. The molecule has 1 N–H and O–H groups in total. The van der Waals surface area contributed by atoms with E-state index in [0.717, 1.165) is 23.2 Å². The largest absolute Gasteiger partial charge is 0.496 e. The van der Waals surface area contributed by atoms with Gasteiger partial charge < -0.3 is 15.0 Å². The number of hydrogen-bond acceptors (Lipinski definition) is 4. The molecule has 1 amide bonds. The van der Waals surface area contributed by atoms with E-state index in [-0.39, 0.29) is 5.57 Å². The van der Waals surface area contributed by atoms with E-state index in [9.17, 15) is 10.1 Å². The lowest BCUT2D eigenvalue weighted by molar-refractivity contribution is -0.112. The molecule has 0 spiro atoms. The summed E-state index contributed by atoms with van der Waals surface area (Å²) in [6.45, 7) is 2.08. The van der Waals surface area contributed by atoms with Crippen molar-refractivity contribution in [2.75, 3.05) is 30.4 Å². The van der Waals surface area contributed by atoms with Crippen molar-refractivity contribution < 1.29 is 9.53 Å². The highest BCUT2D eigenvalue weighted by Gasteiger charge is 2.15. The molecule has 5 nitrogen and oxygen atoms in total. The van der Waals surface area contributed by atoms with Crippen molar-refractivity contribution >= 4 is 39.3 Å². The summed E-state index contributed by atoms with van der Waals surface area (Å²) in [5.74, 6) is 0.194. The van der Waals surface area contributed by atoms with E-state index in [1.165, 1.54) is 19.3 Å². The Morgan fingerprint density at radius 2 is 1.89 bits per heavy atom. The summed E-state index contributed by atoms with van der Waals surface area (Å²) in [5, 5.41) is 12.2. The number of amides is 1. The van der Waals surface area contributed by atoms with Crippen molar-refractivity contribution in [2.45, 2.75) is 19.3 Å². The monoisotopic (exact) mass is 439 g/mol. The van der Waals surface area contributed by atoms with Gasteiger partial charge in [-0.25, -0.2) is 0 Å². The average molecular weight is 440 g/mol. The van der Waals surface area contributed by atoms with E-state index in [1.807, 2.05) is 36.4 Å². The molecule has 28 heavy (non-hydrogen) atoms. The minimum absolute atomic E-state index is 0.0203. The lowest BCUT2D eigenvalue weighted by Crippen LogP contribution is -2.29. The maximum Gasteiger partial charge on any atom is 0.266 e. The molecule has 0 unspecified atom stereocenters. The Morgan fingerprint density at radius 3 is 2.54 bits per heavy atom. The van der Waals surface area contributed by atoms with Gasteiger partial charge in [0.1, 0.15) is 17.4 Å². The zero-order chi connectivity index (χ0) is 19.9. The van der Waals surface area contributed by atoms with Crippen LogP contribution in [0.25, 0.3) is 6.08 Å². The van der Waals surface area contributed by atoms with Crippen molar-refractivity contribution in [2.24, 2.45) is 0 Å². The fourth-order valence-electron chi connectivity index (χ4n) is 3.20. The number of nitrogens with zero attached hydrogens (tertiary/aromatic N) is 2. The van der Waals surface area contributed by atoms with Gasteiger partial charge in [-0.3, -0.25) is 4.79 Å². The standard InChI is InChI=1S/C22H22BrN3O2/c1-28-21-14-20(26-11-3-2-4-12-26)10-5-16(21)13-17(15-24)22(27)25-19-8-6-18(23)7-9-19/h5-10,13-14H,2-4,11-12H2,1H3,(H,25,27)/b17-13-. The molecule has 0 bridgehead atoms. The normalized spacial score (nSPS) is 14.3. The van der Waals surface area contributed by atoms with Crippen molar-refractivity contribution in [1.29, 1.82) is 5.26 Å². The van der Waals surface area contributed by atoms with Gasteiger partial charge in [0, 0.05) is 40.6 Å². The Morgan fingerprint density at radius 1 is 1.18 bits per heavy atom. The topological polar surface area (TPSA) is 65.4 Å². The van der Waals surface area contributed by atoms with Crippen LogP contribution in [0.3, 0.4) is 0 Å². The van der Waals surface area contributed by atoms with Gasteiger partial charge >= 0.3 is 0 Å². The third kappa shape index (κ3) is 4.93. The summed E-state index contributed by atoms with van der Waals surface area (Å²) in [4.78, 5) is 14.8. The molecule has 0 aromatic heterocycles. The van der Waals surface area contributed by atoms with E-state index >= 15 is 0 Å². The van der Waals surface area contributed by atoms with E-state index < -0.39 is 5.91 Å². The number of benzene rings is 2. The minimum Gasteiger partial charge on any atom is -0.496 e. The van der Waals surface area contributed by atoms with Crippen LogP contribution >= 0.6 is 15.9 Å². The van der Waals surface area contributed by atoms with Crippen molar-refractivity contribution in [3.8, 4) is 11.8 Å². The summed E-state index contributed by atoms with van der Waals surface area (Å²) in [6, 6.07) is 15.1. The van der Waals surface area contributed by atoms with Crippen LogP contribution < -0.4 is 15.0 Å². The number of methoxy groups -OCH3 is 1. The van der Waals surface area contributed by atoms with Gasteiger partial charge in [-0.05, 0) is 61.7 Å². The molecule has 6 heteroatoms. The van der Waals surface area contributed by atoms with Gasteiger partial charge in [-0.1, -0.05) is 15.9 Å². The van der Waals surface area contributed by atoms with Crippen LogP contribution in [0.1, 0.15) is 24.8 Å². The van der Waals surface area contributed by atoms with Crippen molar-refractivity contribution in [3.05, 3.63) is 58.1 Å². The second-order valence-electron chi connectivity index (χ2n) is 6.60. The van der Waals surface area contributed by atoms with Gasteiger partial charge in [0.15, 0.2) is 0 Å². The first-order chi connectivity index (χ1) is 13.6. The molecule has 0 radical (unpaired) electrons. The molecule has 0 atom stereocenters. The third-order valence-electron chi connectivity index (χ3n) is 4.71. The average Bonchev–Trinajstić information content (AvgIpc) is 2.74. The number of piperidine rings is 1. The van der Waals surface area contributed by atoms with Crippen LogP contribution in [0, 0.1) is 11.3 Å². The van der Waals surface area contributed by atoms with Crippen LogP contribution in [-0.2, 0) is 4.79 Å². The Bertz CT molecular complexity index is 910. The van der Waals surface area contributed by atoms with Gasteiger partial charge in [-0.2, -0.15) is 5.26 Å². The van der Waals surface area contributed by atoms with E-state index in [4.69, 9.17) is 4.74 Å². The van der Waals surface area contributed by atoms with Gasteiger partial charge in [0.2, 0.25) is 0 Å². The first-order valence-corrected chi connectivity index (χ1v) is 10.0. The summed E-state index contributed by atoms with van der Waals surface area (Å²) in [7, 11) is 1.60. The van der Waals surface area contributed by atoms with E-state index in [1.54, 1.807) is 25.3 Å². The predicted molar refractivity (Wildman–Crippen MR) is 115 cm³/mol. The lowest BCUT2D eigenvalue weighted by atomic mass is 10.1. The quantitative estimate of drug-likeness (QED) is 0.526. The number of halogens is 1. The summed E-state index contributed by atoms with van der Waals surface area (Å²) in [6.07, 6.45) is 5.22. The Balaban J connectivity index is 1.81. The molecule has 0 aliphatic carbocycles. The number of hydrogen-bond donors (Lipinski definition) is 1. The Hall–Kier alpha value is -2.78. The molecule has 2 aromatic rings. The maximum absolute atomic E-state index is 12.5. The molecule has 1 aliphatic heterocycles. The SMILES string of the molecule is COc1cc(N2CCCCC2)ccc1/C=C(/C#N)C(=O)Nc1ccc(Br)cc1. The number of nitriles is 1. The number of ether oxygens (including phenoxy) is 1. The van der Waals surface area contributed by atoms with E-state index in [2.05, 4.69) is 26.1 Å². The number of nitrogens with one attached hydrogen (secondary N) is 1. The zero-order valence-electron chi connectivity index (χ0n) is 15.7. The van der Waals surface area contributed by atoms with Crippen LogP contribution in [0.2, 0.25) is 0 Å². The smallest absolute Gasteiger partial charge is 0.266 e. The first kappa shape index (κ1) is 20.0. The summed E-state index contributed by atoms with van der Waals surface area (Å²) >= 11 is 3.36. The molecular formula is C22H22BrN3O2. The van der Waals surface area contributed by atoms with Crippen LogP contribution in [0.4, 0.5) is 11.4 Å². The zero-order valence-corrected chi connectivity index (χ0v) is 17.3. The van der Waals surface area contributed by atoms with Crippen LogP contribution in [0.5, 0.6) is 5.75 Å². The molecule has 2 aromatic carbocycles. The minimum atomic E-state index is -0.452. The first-order valence-electron chi connectivity index (χ1n) is 9.22. The summed E-state index contributed by atoms with van der Waals surface area (Å²) < 4.78 is 6.43. The highest BCUT2D eigenvalue weighted by molar-refractivity contribution is 9.10. The van der Waals surface area contributed by atoms with Gasteiger partial charge in [-0.15, -0.1) is 0 Å². The fraction of sp³-hybridized carbons (Fsp3) is 0.273. The number of carbonyl (C=O) groups is 1. The van der Waals surface area contributed by atoms with Crippen molar-refractivity contribution in [3.63, 3.8) is 0 Å². The Kier molecular flexibility index (Phi) is 6.72. The van der Waals surface area contributed by atoms with Crippen LogP contribution in [0.15, 0.2) is 52.5 Å². The molecular weight excluding hydrogens is 418 g/mol. The molecule has 3 rings (SSSR count). The highest BCUT2D eigenvalue weighted by atomic mass is 79.9.